The molecule has 1 unspecified atom stereocenters. The number of carbonyl (C=O) groups is 1. The molecule has 0 saturated heterocycles. The van der Waals surface area contributed by atoms with Crippen LogP contribution in [0, 0.1) is 20.8 Å². The Labute approximate surface area is 138 Å². The van der Waals surface area contributed by atoms with E-state index in [0.29, 0.717) is 16.4 Å². The summed E-state index contributed by atoms with van der Waals surface area (Å²) in [6.45, 7) is 9.55. The lowest BCUT2D eigenvalue weighted by Gasteiger charge is -2.14. The van der Waals surface area contributed by atoms with Gasteiger partial charge in [0.05, 0.1) is 6.10 Å². The van der Waals surface area contributed by atoms with Crippen molar-refractivity contribution in [3.63, 3.8) is 0 Å². The van der Waals surface area contributed by atoms with E-state index in [1.54, 1.807) is 24.3 Å². The molecule has 0 radical (unpaired) electrons. The summed E-state index contributed by atoms with van der Waals surface area (Å²) in [5.74, 6) is -0.0960. The van der Waals surface area contributed by atoms with Crippen LogP contribution in [-0.4, -0.2) is 11.9 Å². The Bertz CT molecular complexity index is 740. The monoisotopic (exact) mass is 330 g/mol. The highest BCUT2D eigenvalue weighted by molar-refractivity contribution is 7.48. The molecule has 0 bridgehead atoms. The molecule has 2 rings (SSSR count). The molecule has 4 heteroatoms. The van der Waals surface area contributed by atoms with E-state index in [4.69, 9.17) is 4.52 Å². The van der Waals surface area contributed by atoms with Crippen LogP contribution in [0.2, 0.25) is 0 Å². The van der Waals surface area contributed by atoms with Crippen molar-refractivity contribution in [2.75, 3.05) is 0 Å². The van der Waals surface area contributed by atoms with E-state index in [1.165, 1.54) is 0 Å². The van der Waals surface area contributed by atoms with Gasteiger partial charge in [-0.25, -0.2) is 0 Å². The van der Waals surface area contributed by atoms with Gasteiger partial charge in [-0.3, -0.25) is 9.36 Å². The molecule has 0 saturated carbocycles. The fraction of sp³-hybridized carbons (Fsp3) is 0.316. The maximum atomic E-state index is 13.0. The van der Waals surface area contributed by atoms with Crippen LogP contribution < -0.4 is 5.30 Å². The van der Waals surface area contributed by atoms with E-state index in [-0.39, 0.29) is 11.9 Å². The van der Waals surface area contributed by atoms with Crippen LogP contribution in [0.3, 0.4) is 0 Å². The molecule has 122 valence electrons. The lowest BCUT2D eigenvalue weighted by Crippen LogP contribution is -2.16. The quantitative estimate of drug-likeness (QED) is 0.604. The van der Waals surface area contributed by atoms with Crippen LogP contribution in [-0.2, 0) is 9.09 Å². The van der Waals surface area contributed by atoms with Crippen molar-refractivity contribution < 1.29 is 13.9 Å². The molecule has 2 aromatic carbocycles. The highest BCUT2D eigenvalue weighted by Crippen LogP contribution is 2.28. The first-order chi connectivity index (χ1) is 10.8. The topological polar surface area (TPSA) is 43.4 Å². The average molecular weight is 330 g/mol. The summed E-state index contributed by atoms with van der Waals surface area (Å²) in [5, 5.41) is 0.496. The van der Waals surface area contributed by atoms with Gasteiger partial charge in [-0.2, -0.15) is 0 Å². The average Bonchev–Trinajstić information content (AvgIpc) is 2.45. The summed E-state index contributed by atoms with van der Waals surface area (Å²) in [7, 11) is -2.45. The molecule has 0 amide bonds. The van der Waals surface area contributed by atoms with Gasteiger partial charge >= 0.3 is 0 Å². The summed E-state index contributed by atoms with van der Waals surface area (Å²) >= 11 is 0. The summed E-state index contributed by atoms with van der Waals surface area (Å²) in [6.07, 6.45) is -0.146. The minimum atomic E-state index is -2.45. The first-order valence-corrected chi connectivity index (χ1v) is 9.05. The van der Waals surface area contributed by atoms with Crippen molar-refractivity contribution in [3.8, 4) is 0 Å². The van der Waals surface area contributed by atoms with Gasteiger partial charge < -0.3 is 4.52 Å². The normalized spacial score (nSPS) is 12.4. The summed E-state index contributed by atoms with van der Waals surface area (Å²) in [4.78, 5) is 13.0. The van der Waals surface area contributed by atoms with Crippen molar-refractivity contribution in [1.29, 1.82) is 0 Å². The number of aryl methyl sites for hydroxylation is 3. The van der Waals surface area contributed by atoms with Gasteiger partial charge in [0.2, 0.25) is 8.03 Å². The van der Waals surface area contributed by atoms with E-state index in [0.717, 1.165) is 16.7 Å². The number of benzene rings is 2. The maximum Gasteiger partial charge on any atom is 0.221 e. The van der Waals surface area contributed by atoms with Gasteiger partial charge in [0, 0.05) is 16.4 Å². The summed E-state index contributed by atoms with van der Waals surface area (Å²) in [6, 6.07) is 11.0. The number of ketones is 1. The fourth-order valence-electron chi connectivity index (χ4n) is 2.81. The number of carbonyl (C=O) groups excluding carboxylic acids is 1. The van der Waals surface area contributed by atoms with E-state index < -0.39 is 8.03 Å². The molecule has 0 fully saturated rings. The van der Waals surface area contributed by atoms with Crippen molar-refractivity contribution in [1.82, 2.24) is 0 Å². The smallest absolute Gasteiger partial charge is 0.221 e. The van der Waals surface area contributed by atoms with Crippen LogP contribution in [0.1, 0.15) is 46.5 Å². The second-order valence-corrected chi connectivity index (χ2v) is 7.45. The summed E-state index contributed by atoms with van der Waals surface area (Å²) < 4.78 is 17.9. The van der Waals surface area contributed by atoms with E-state index in [1.807, 2.05) is 46.8 Å². The molecule has 2 aromatic rings. The van der Waals surface area contributed by atoms with Gasteiger partial charge in [0.25, 0.3) is 0 Å². The Morgan fingerprint density at radius 2 is 1.61 bits per heavy atom. The van der Waals surface area contributed by atoms with Gasteiger partial charge in [-0.1, -0.05) is 35.9 Å². The number of hydrogen-bond donors (Lipinski definition) is 0. The zero-order chi connectivity index (χ0) is 17.1. The zero-order valence-corrected chi connectivity index (χ0v) is 15.3. The Kier molecular flexibility index (Phi) is 5.56. The Hall–Kier alpha value is -1.70. The number of rotatable bonds is 5. The fourth-order valence-corrected chi connectivity index (χ4v) is 4.01. The van der Waals surface area contributed by atoms with Crippen LogP contribution in [0.5, 0.6) is 0 Å². The van der Waals surface area contributed by atoms with Gasteiger partial charge in [-0.15, -0.1) is 0 Å². The minimum absolute atomic E-state index is 0.0960. The van der Waals surface area contributed by atoms with Crippen molar-refractivity contribution in [3.05, 3.63) is 64.2 Å². The molecular formula is C19H23O3P. The number of hydrogen-bond acceptors (Lipinski definition) is 3. The highest BCUT2D eigenvalue weighted by Gasteiger charge is 2.21. The third kappa shape index (κ3) is 3.99. The van der Waals surface area contributed by atoms with Crippen molar-refractivity contribution in [2.24, 2.45) is 0 Å². The standard InChI is InChI=1S/C19H23O3P/c1-12(2)22-23(21)17-9-7-6-8-16(17)19(20)18-14(4)10-13(3)11-15(18)5/h6-12,23H,1-5H3. The molecule has 23 heavy (non-hydrogen) atoms. The van der Waals surface area contributed by atoms with E-state index >= 15 is 0 Å². The lowest BCUT2D eigenvalue weighted by molar-refractivity contribution is 0.103. The highest BCUT2D eigenvalue weighted by atomic mass is 31.1. The second kappa shape index (κ2) is 7.25. The van der Waals surface area contributed by atoms with E-state index in [9.17, 15) is 9.36 Å². The predicted octanol–water partition coefficient (Wildman–Crippen LogP) is 4.37. The molecule has 0 N–H and O–H groups in total. The Morgan fingerprint density at radius 1 is 1.04 bits per heavy atom. The lowest BCUT2D eigenvalue weighted by atomic mass is 9.93. The molecule has 0 spiro atoms. The predicted molar refractivity (Wildman–Crippen MR) is 95.4 cm³/mol. The minimum Gasteiger partial charge on any atom is -0.325 e. The Balaban J connectivity index is 2.51. The SMILES string of the molecule is Cc1cc(C)c(C(=O)c2ccccc2[PH](=O)OC(C)C)c(C)c1. The molecule has 0 aliphatic rings. The molecule has 1 atom stereocenters. The largest absolute Gasteiger partial charge is 0.325 e. The van der Waals surface area contributed by atoms with Gasteiger partial charge in [0.1, 0.15) is 0 Å². The zero-order valence-electron chi connectivity index (χ0n) is 14.3. The van der Waals surface area contributed by atoms with Crippen LogP contribution in [0.4, 0.5) is 0 Å². The Morgan fingerprint density at radius 3 is 2.17 bits per heavy atom. The van der Waals surface area contributed by atoms with Crippen molar-refractivity contribution in [2.45, 2.75) is 40.7 Å². The second-order valence-electron chi connectivity index (χ2n) is 6.10. The maximum absolute atomic E-state index is 13.0. The molecule has 0 aliphatic carbocycles. The van der Waals surface area contributed by atoms with E-state index in [2.05, 4.69) is 0 Å². The molecular weight excluding hydrogens is 307 g/mol. The van der Waals surface area contributed by atoms with Gasteiger partial charge in [-0.05, 0) is 51.8 Å². The third-order valence-electron chi connectivity index (χ3n) is 3.64. The molecule has 0 heterocycles. The first-order valence-electron chi connectivity index (χ1n) is 7.73. The third-order valence-corrected chi connectivity index (χ3v) is 5.20. The summed E-state index contributed by atoms with van der Waals surface area (Å²) in [5.41, 5.74) is 4.15. The molecule has 0 aromatic heterocycles. The first kappa shape index (κ1) is 17.7. The molecule has 3 nitrogen and oxygen atoms in total. The molecule has 0 aliphatic heterocycles. The van der Waals surface area contributed by atoms with Crippen LogP contribution in [0.25, 0.3) is 0 Å². The van der Waals surface area contributed by atoms with Crippen LogP contribution >= 0.6 is 8.03 Å². The van der Waals surface area contributed by atoms with Crippen LogP contribution in [0.15, 0.2) is 36.4 Å². The van der Waals surface area contributed by atoms with Crippen molar-refractivity contribution >= 4 is 19.1 Å². The van der Waals surface area contributed by atoms with Gasteiger partial charge in [0.15, 0.2) is 5.78 Å².